The molecule has 144 valence electrons. The molecule has 0 saturated heterocycles. The molecule has 0 unspecified atom stereocenters. The quantitative estimate of drug-likeness (QED) is 0.124. The number of rotatable bonds is 0. The second-order valence-electron chi connectivity index (χ2n) is 2.41. The van der Waals surface area contributed by atoms with E-state index in [-0.39, 0.29) is 79.9 Å². The first kappa shape index (κ1) is 39.5. The minimum absolute atomic E-state index is 0. The summed E-state index contributed by atoms with van der Waals surface area (Å²) in [4.78, 5) is 72.4. The summed E-state index contributed by atoms with van der Waals surface area (Å²) in [6, 6.07) is 0. The van der Waals surface area contributed by atoms with Crippen molar-refractivity contribution in [3.05, 3.63) is 0 Å². The minimum Gasteiger partial charge on any atom is -0.543 e. The molecule has 6 N–H and O–H groups in total. The van der Waals surface area contributed by atoms with Gasteiger partial charge in [0.25, 0.3) is 0 Å². The second kappa shape index (κ2) is 23.4. The van der Waals surface area contributed by atoms with Crippen LogP contribution in [-0.4, -0.2) is 78.4 Å². The van der Waals surface area contributed by atoms with Crippen LogP contribution < -0.4 is 10.2 Å². The van der Waals surface area contributed by atoms with Crippen molar-refractivity contribution in [2.45, 2.75) is 0 Å². The molecule has 0 fully saturated rings. The van der Waals surface area contributed by atoms with Crippen molar-refractivity contribution >= 4 is 47.8 Å². The monoisotopic (exact) mass is 822 g/mol. The molecule has 0 aromatic carbocycles. The van der Waals surface area contributed by atoms with E-state index >= 15 is 0 Å². The fraction of sp³-hybridized carbons (Fsp3) is 0. The van der Waals surface area contributed by atoms with Crippen LogP contribution in [0.3, 0.4) is 0 Å². The van der Waals surface area contributed by atoms with E-state index in [2.05, 4.69) is 0 Å². The summed E-state index contributed by atoms with van der Waals surface area (Å²) in [6.45, 7) is 0. The molecule has 0 bridgehead atoms. The maximum absolute atomic E-state index is 9.10. The topological polar surface area (TPSA) is 304 Å². The molecule has 0 aliphatic heterocycles. The zero-order valence-corrected chi connectivity index (χ0v) is 20.0. The summed E-state index contributed by atoms with van der Waals surface area (Å²) >= 11 is 0. The predicted molar refractivity (Wildman–Crippen MR) is 55.8 cm³/mol. The van der Waals surface area contributed by atoms with Crippen LogP contribution in [0.4, 0.5) is 0 Å². The standard InChI is InChI=1S/4C2H2O4.2Th/c4*3-1(4)2(5)6;;/h4*(H,3,4)(H,5,6);;/p-2. The van der Waals surface area contributed by atoms with E-state index in [1.165, 1.54) is 0 Å². The van der Waals surface area contributed by atoms with Crippen LogP contribution in [0.1, 0.15) is 0 Å². The first-order valence-corrected chi connectivity index (χ1v) is 4.38. The van der Waals surface area contributed by atoms with E-state index in [1.54, 1.807) is 0 Å². The maximum Gasteiger partial charge on any atom is 0.414 e. The van der Waals surface area contributed by atoms with Crippen LogP contribution in [0.25, 0.3) is 0 Å². The van der Waals surface area contributed by atoms with Gasteiger partial charge in [0.05, 0.1) is 11.9 Å². The van der Waals surface area contributed by atoms with Crippen molar-refractivity contribution in [3.63, 3.8) is 0 Å². The molecule has 0 amide bonds. The van der Waals surface area contributed by atoms with Crippen molar-refractivity contribution in [1.29, 1.82) is 0 Å². The van der Waals surface area contributed by atoms with E-state index in [1.807, 2.05) is 0 Å². The molecule has 0 atom stereocenters. The minimum atomic E-state index is -2.19. The third-order valence-corrected chi connectivity index (χ3v) is 0.716. The molecule has 0 rings (SSSR count). The summed E-state index contributed by atoms with van der Waals surface area (Å²) in [7, 11) is 0. The number of carboxylic acid groups (broad SMARTS) is 8. The van der Waals surface area contributed by atoms with Gasteiger partial charge >= 0.3 is 35.8 Å². The summed E-state index contributed by atoms with van der Waals surface area (Å²) in [6.07, 6.45) is 0. The van der Waals surface area contributed by atoms with Crippen LogP contribution in [0.2, 0.25) is 0 Å². The Morgan fingerprint density at radius 3 is 0.462 bits per heavy atom. The molecular formula is C8H6O16Th2-2. The number of hydrogen-bond acceptors (Lipinski definition) is 10. The van der Waals surface area contributed by atoms with Crippen LogP contribution in [-0.2, 0) is 38.4 Å². The Kier molecular flexibility index (Phi) is 35.5. The van der Waals surface area contributed by atoms with Crippen molar-refractivity contribution < 1.29 is 159 Å². The molecule has 18 heteroatoms. The van der Waals surface area contributed by atoms with Gasteiger partial charge in [-0.05, 0) is 0 Å². The average Bonchev–Trinajstić information content (AvgIpc) is 2.40. The van der Waals surface area contributed by atoms with Gasteiger partial charge in [-0.25, -0.2) is 28.8 Å². The van der Waals surface area contributed by atoms with Crippen molar-refractivity contribution in [2.75, 3.05) is 0 Å². The molecule has 0 aromatic heterocycles. The molecule has 0 heterocycles. The van der Waals surface area contributed by atoms with Gasteiger partial charge in [-0.3, -0.25) is 0 Å². The van der Waals surface area contributed by atoms with E-state index in [9.17, 15) is 0 Å². The molecule has 16 nitrogen and oxygen atoms in total. The van der Waals surface area contributed by atoms with E-state index < -0.39 is 47.8 Å². The van der Waals surface area contributed by atoms with E-state index in [0.717, 1.165) is 0 Å². The Balaban J connectivity index is -0.0000000500. The molecule has 0 aliphatic rings. The summed E-state index contributed by atoms with van der Waals surface area (Å²) in [5, 5.41) is 62.2. The van der Waals surface area contributed by atoms with Crippen LogP contribution in [0, 0.1) is 79.9 Å². The number of hydrogen-bond donors (Lipinski definition) is 6. The molecule has 0 aromatic rings. The number of aliphatic carboxylic acids is 8. The number of carbonyl (C=O) groups excluding carboxylic acids is 2. The summed E-state index contributed by atoms with van der Waals surface area (Å²) in [5.74, 6) is -15.3. The third-order valence-electron chi connectivity index (χ3n) is 0.716. The normalized spacial score (nSPS) is 6.77. The van der Waals surface area contributed by atoms with Crippen molar-refractivity contribution in [2.24, 2.45) is 0 Å². The van der Waals surface area contributed by atoms with Gasteiger partial charge in [0.1, 0.15) is 0 Å². The average molecular weight is 822 g/mol. The predicted octanol–water partition coefficient (Wildman–Crippen LogP) is -6.05. The van der Waals surface area contributed by atoms with Crippen LogP contribution in [0.15, 0.2) is 0 Å². The molecule has 0 spiro atoms. The van der Waals surface area contributed by atoms with Gasteiger partial charge in [0.15, 0.2) is 0 Å². The fourth-order valence-electron chi connectivity index (χ4n) is 0. The second-order valence-corrected chi connectivity index (χ2v) is 2.41. The van der Waals surface area contributed by atoms with Gasteiger partial charge < -0.3 is 50.4 Å². The summed E-state index contributed by atoms with van der Waals surface area (Å²) < 4.78 is 0. The maximum atomic E-state index is 9.10. The van der Waals surface area contributed by atoms with Crippen molar-refractivity contribution in [3.8, 4) is 0 Å². The smallest absolute Gasteiger partial charge is 0.414 e. The van der Waals surface area contributed by atoms with Gasteiger partial charge in [-0.2, -0.15) is 0 Å². The Morgan fingerprint density at radius 1 is 0.385 bits per heavy atom. The van der Waals surface area contributed by atoms with Crippen LogP contribution >= 0.6 is 0 Å². The largest absolute Gasteiger partial charge is 0.543 e. The zero-order chi connectivity index (χ0) is 20.6. The molecule has 0 aliphatic carbocycles. The Labute approximate surface area is 204 Å². The first-order chi connectivity index (χ1) is 10.6. The van der Waals surface area contributed by atoms with Gasteiger partial charge in [0, 0.05) is 79.9 Å². The van der Waals surface area contributed by atoms with E-state index in [0.29, 0.717) is 0 Å². The van der Waals surface area contributed by atoms with Gasteiger partial charge in [0.2, 0.25) is 0 Å². The Hall–Kier alpha value is -1.59. The molecule has 0 radical (unpaired) electrons. The molecule has 26 heavy (non-hydrogen) atoms. The molecular weight excluding hydrogens is 816 g/mol. The van der Waals surface area contributed by atoms with Crippen LogP contribution in [0.5, 0.6) is 0 Å². The first-order valence-electron chi connectivity index (χ1n) is 4.38. The SMILES string of the molecule is O=C(O)C(=O)O.O=C(O)C(=O)O.O=C(O)C(=O)O.O=C([O-])C(=O)[O-].[Th].[Th]. The van der Waals surface area contributed by atoms with Crippen molar-refractivity contribution in [1.82, 2.24) is 0 Å². The zero-order valence-electron chi connectivity index (χ0n) is 11.8. The molecule has 0 saturated carbocycles. The Bertz CT molecular complexity index is 392. The number of carbonyl (C=O) groups is 8. The van der Waals surface area contributed by atoms with Gasteiger partial charge in [-0.1, -0.05) is 0 Å². The number of carboxylic acids is 8. The fourth-order valence-corrected chi connectivity index (χ4v) is 0. The Morgan fingerprint density at radius 2 is 0.462 bits per heavy atom. The third kappa shape index (κ3) is 49.5. The summed E-state index contributed by atoms with van der Waals surface area (Å²) in [5.41, 5.74) is 0. The van der Waals surface area contributed by atoms with E-state index in [4.69, 9.17) is 79.2 Å². The van der Waals surface area contributed by atoms with Gasteiger partial charge in [-0.15, -0.1) is 0 Å².